The molecule has 1 atom stereocenters. The monoisotopic (exact) mass is 239 g/mol. The first kappa shape index (κ1) is 13.7. The first-order valence-corrected chi connectivity index (χ1v) is 5.87. The van der Waals surface area contributed by atoms with E-state index in [9.17, 15) is 4.79 Å². The molecule has 0 saturated heterocycles. The third kappa shape index (κ3) is 3.56. The Labute approximate surface area is 102 Å². The zero-order chi connectivity index (χ0) is 13.1. The van der Waals surface area contributed by atoms with Crippen LogP contribution in [-0.2, 0) is 11.3 Å². The third-order valence-electron chi connectivity index (χ3n) is 2.76. The Balaban J connectivity index is 2.53. The molecule has 0 spiro atoms. The third-order valence-corrected chi connectivity index (χ3v) is 2.76. The van der Waals surface area contributed by atoms with E-state index in [1.807, 2.05) is 20.8 Å². The highest BCUT2D eigenvalue weighted by molar-refractivity contribution is 5.85. The van der Waals surface area contributed by atoms with Crippen molar-refractivity contribution >= 4 is 5.91 Å². The molecular weight excluding hydrogens is 218 g/mol. The van der Waals surface area contributed by atoms with E-state index in [1.54, 1.807) is 6.92 Å². The second-order valence-corrected chi connectivity index (χ2v) is 4.60. The second-order valence-electron chi connectivity index (χ2n) is 4.60. The highest BCUT2D eigenvalue weighted by Gasteiger charge is 2.27. The molecule has 0 aliphatic heterocycles. The number of hydrogen-bond acceptors (Lipinski definition) is 4. The first-order valence-electron chi connectivity index (χ1n) is 5.87. The number of hydrogen-bond donors (Lipinski definition) is 2. The van der Waals surface area contributed by atoms with Crippen molar-refractivity contribution in [3.63, 3.8) is 0 Å². The van der Waals surface area contributed by atoms with E-state index in [0.717, 1.165) is 17.9 Å². The number of aryl methyl sites for hydroxylation is 2. The van der Waals surface area contributed by atoms with Gasteiger partial charge in [-0.15, -0.1) is 0 Å². The van der Waals surface area contributed by atoms with Crippen LogP contribution in [-0.4, -0.2) is 16.4 Å². The van der Waals surface area contributed by atoms with Gasteiger partial charge in [-0.1, -0.05) is 13.3 Å². The lowest BCUT2D eigenvalue weighted by Gasteiger charge is -2.22. The Kier molecular flexibility index (Phi) is 4.28. The molecule has 0 bridgehead atoms. The lowest BCUT2D eigenvalue weighted by atomic mass is 9.97. The van der Waals surface area contributed by atoms with E-state index in [1.165, 1.54) is 0 Å². The molecule has 1 heterocycles. The van der Waals surface area contributed by atoms with Crippen LogP contribution in [0.5, 0.6) is 0 Å². The highest BCUT2D eigenvalue weighted by atomic mass is 16.4. The fourth-order valence-corrected chi connectivity index (χ4v) is 1.61. The predicted molar refractivity (Wildman–Crippen MR) is 65.3 cm³/mol. The standard InChI is InChI=1S/C12H21N3O2/c1-5-6-12(4,13)11(16)14-7-10-15-8(2)9(3)17-10/h5-7,13H2,1-4H3,(H,14,16). The SMILES string of the molecule is CCCC(C)(N)C(=O)NCc1nc(C)c(C)o1. The Morgan fingerprint density at radius 1 is 1.53 bits per heavy atom. The number of amides is 1. The largest absolute Gasteiger partial charge is 0.444 e. The summed E-state index contributed by atoms with van der Waals surface area (Å²) in [6.45, 7) is 7.73. The van der Waals surface area contributed by atoms with Gasteiger partial charge in [-0.2, -0.15) is 0 Å². The van der Waals surface area contributed by atoms with Crippen LogP contribution in [0.3, 0.4) is 0 Å². The van der Waals surface area contributed by atoms with Gasteiger partial charge in [0.15, 0.2) is 0 Å². The minimum absolute atomic E-state index is 0.173. The van der Waals surface area contributed by atoms with Crippen molar-refractivity contribution in [1.82, 2.24) is 10.3 Å². The molecule has 1 unspecified atom stereocenters. The van der Waals surface area contributed by atoms with Crippen LogP contribution in [0.1, 0.15) is 44.0 Å². The molecule has 96 valence electrons. The number of rotatable bonds is 5. The molecule has 5 nitrogen and oxygen atoms in total. The van der Waals surface area contributed by atoms with E-state index in [2.05, 4.69) is 10.3 Å². The highest BCUT2D eigenvalue weighted by Crippen LogP contribution is 2.10. The summed E-state index contributed by atoms with van der Waals surface area (Å²) in [6.07, 6.45) is 1.53. The van der Waals surface area contributed by atoms with Crippen LogP contribution < -0.4 is 11.1 Å². The molecule has 0 radical (unpaired) electrons. The molecule has 1 rings (SSSR count). The van der Waals surface area contributed by atoms with E-state index in [4.69, 9.17) is 10.2 Å². The maximum atomic E-state index is 11.8. The van der Waals surface area contributed by atoms with Gasteiger partial charge in [-0.3, -0.25) is 4.79 Å². The number of oxazole rings is 1. The van der Waals surface area contributed by atoms with Gasteiger partial charge in [0.05, 0.1) is 17.8 Å². The molecule has 0 aromatic carbocycles. The minimum atomic E-state index is -0.828. The van der Waals surface area contributed by atoms with Gasteiger partial charge in [0.1, 0.15) is 5.76 Å². The second kappa shape index (κ2) is 5.31. The quantitative estimate of drug-likeness (QED) is 0.814. The summed E-state index contributed by atoms with van der Waals surface area (Å²) in [4.78, 5) is 16.0. The number of nitrogens with two attached hydrogens (primary N) is 1. The van der Waals surface area contributed by atoms with Crippen molar-refractivity contribution in [2.24, 2.45) is 5.73 Å². The van der Waals surface area contributed by atoms with Crippen molar-refractivity contribution in [2.75, 3.05) is 0 Å². The minimum Gasteiger partial charge on any atom is -0.444 e. The lowest BCUT2D eigenvalue weighted by molar-refractivity contribution is -0.126. The van der Waals surface area contributed by atoms with Gasteiger partial charge in [0, 0.05) is 0 Å². The Bertz CT molecular complexity index is 377. The molecule has 1 amide bonds. The summed E-state index contributed by atoms with van der Waals surface area (Å²) < 4.78 is 5.37. The van der Waals surface area contributed by atoms with Crippen LogP contribution in [0, 0.1) is 13.8 Å². The van der Waals surface area contributed by atoms with Crippen molar-refractivity contribution in [3.05, 3.63) is 17.3 Å². The molecular formula is C12H21N3O2. The van der Waals surface area contributed by atoms with Crippen LogP contribution in [0.2, 0.25) is 0 Å². The van der Waals surface area contributed by atoms with Crippen LogP contribution in [0.4, 0.5) is 0 Å². The molecule has 0 saturated carbocycles. The average Bonchev–Trinajstić information content (AvgIpc) is 2.55. The summed E-state index contributed by atoms with van der Waals surface area (Å²) in [5.74, 6) is 1.12. The fraction of sp³-hybridized carbons (Fsp3) is 0.667. The Morgan fingerprint density at radius 2 is 2.18 bits per heavy atom. The van der Waals surface area contributed by atoms with E-state index >= 15 is 0 Å². The number of carbonyl (C=O) groups is 1. The molecule has 0 aliphatic carbocycles. The van der Waals surface area contributed by atoms with Gasteiger partial charge in [-0.25, -0.2) is 4.98 Å². The van der Waals surface area contributed by atoms with Crippen LogP contribution in [0.15, 0.2) is 4.42 Å². The van der Waals surface area contributed by atoms with Crippen molar-refractivity contribution < 1.29 is 9.21 Å². The molecule has 5 heteroatoms. The number of nitrogens with zero attached hydrogens (tertiary/aromatic N) is 1. The van der Waals surface area contributed by atoms with Crippen molar-refractivity contribution in [2.45, 2.75) is 52.6 Å². The van der Waals surface area contributed by atoms with E-state index in [-0.39, 0.29) is 12.5 Å². The van der Waals surface area contributed by atoms with Gasteiger partial charge in [-0.05, 0) is 27.2 Å². The van der Waals surface area contributed by atoms with E-state index < -0.39 is 5.54 Å². The van der Waals surface area contributed by atoms with Crippen LogP contribution in [0.25, 0.3) is 0 Å². The summed E-state index contributed by atoms with van der Waals surface area (Å²) in [5, 5.41) is 2.74. The predicted octanol–water partition coefficient (Wildman–Crippen LogP) is 1.43. The molecule has 3 N–H and O–H groups in total. The van der Waals surface area contributed by atoms with Crippen LogP contribution >= 0.6 is 0 Å². The zero-order valence-electron chi connectivity index (χ0n) is 11.0. The van der Waals surface area contributed by atoms with Gasteiger partial charge in [0.2, 0.25) is 11.8 Å². The van der Waals surface area contributed by atoms with Gasteiger partial charge in [0.25, 0.3) is 0 Å². The molecule has 0 aliphatic rings. The normalized spacial score (nSPS) is 14.4. The van der Waals surface area contributed by atoms with Crippen molar-refractivity contribution in [3.8, 4) is 0 Å². The average molecular weight is 239 g/mol. The van der Waals surface area contributed by atoms with E-state index in [0.29, 0.717) is 12.3 Å². The Morgan fingerprint density at radius 3 is 2.65 bits per heavy atom. The van der Waals surface area contributed by atoms with Crippen molar-refractivity contribution in [1.29, 1.82) is 0 Å². The molecule has 1 aromatic heterocycles. The fourth-order valence-electron chi connectivity index (χ4n) is 1.61. The smallest absolute Gasteiger partial charge is 0.240 e. The maximum absolute atomic E-state index is 11.8. The topological polar surface area (TPSA) is 81.2 Å². The molecule has 0 fully saturated rings. The first-order chi connectivity index (χ1) is 7.86. The van der Waals surface area contributed by atoms with Gasteiger partial charge < -0.3 is 15.5 Å². The van der Waals surface area contributed by atoms with Gasteiger partial charge >= 0.3 is 0 Å². The zero-order valence-corrected chi connectivity index (χ0v) is 11.0. The number of nitrogens with one attached hydrogen (secondary N) is 1. The summed E-state index contributed by atoms with van der Waals surface area (Å²) in [7, 11) is 0. The number of carbonyl (C=O) groups excluding carboxylic acids is 1. The summed E-state index contributed by atoms with van der Waals surface area (Å²) in [5.41, 5.74) is 5.92. The molecule has 17 heavy (non-hydrogen) atoms. The summed E-state index contributed by atoms with van der Waals surface area (Å²) in [6, 6.07) is 0. The maximum Gasteiger partial charge on any atom is 0.240 e. The summed E-state index contributed by atoms with van der Waals surface area (Å²) >= 11 is 0. The number of aromatic nitrogens is 1. The lowest BCUT2D eigenvalue weighted by Crippen LogP contribution is -2.51. The molecule has 1 aromatic rings. The Hall–Kier alpha value is -1.36.